The van der Waals surface area contributed by atoms with Gasteiger partial charge >= 0.3 is 0 Å². The van der Waals surface area contributed by atoms with Crippen LogP contribution in [0.2, 0.25) is 0 Å². The Labute approximate surface area is 161 Å². The number of aryl methyl sites for hydroxylation is 3. The summed E-state index contributed by atoms with van der Waals surface area (Å²) in [7, 11) is 0. The number of amides is 2. The first kappa shape index (κ1) is 19.2. The summed E-state index contributed by atoms with van der Waals surface area (Å²) in [5.74, 6) is 0.0938. The van der Waals surface area contributed by atoms with Crippen LogP contribution in [0.15, 0.2) is 42.5 Å². The van der Waals surface area contributed by atoms with E-state index in [1.165, 1.54) is 0 Å². The topological polar surface area (TPSA) is 49.4 Å². The van der Waals surface area contributed by atoms with Gasteiger partial charge < -0.3 is 10.2 Å². The molecule has 1 N–H and O–H groups in total. The lowest BCUT2D eigenvalue weighted by molar-refractivity contribution is -0.121. The van der Waals surface area contributed by atoms with Crippen molar-refractivity contribution in [2.75, 3.05) is 18.4 Å². The average Bonchev–Trinajstić information content (AvgIpc) is 2.69. The molecule has 0 aliphatic carbocycles. The molecular weight excluding hydrogens is 336 g/mol. The molecule has 0 saturated carbocycles. The quantitative estimate of drug-likeness (QED) is 0.876. The second kappa shape index (κ2) is 8.38. The Kier molecular flexibility index (Phi) is 5.94. The fourth-order valence-corrected chi connectivity index (χ4v) is 3.76. The first-order valence-electron chi connectivity index (χ1n) is 9.75. The number of rotatable bonds is 4. The molecule has 1 fully saturated rings. The Balaban J connectivity index is 1.62. The summed E-state index contributed by atoms with van der Waals surface area (Å²) >= 11 is 0. The van der Waals surface area contributed by atoms with Crippen molar-refractivity contribution in [1.82, 2.24) is 4.90 Å². The van der Waals surface area contributed by atoms with E-state index in [2.05, 4.69) is 18.3 Å². The summed E-state index contributed by atoms with van der Waals surface area (Å²) in [4.78, 5) is 27.4. The molecular formula is C23H28N2O2. The first-order chi connectivity index (χ1) is 13.0. The van der Waals surface area contributed by atoms with Gasteiger partial charge in [0, 0.05) is 30.3 Å². The second-order valence-electron chi connectivity index (χ2n) is 7.33. The molecule has 2 amide bonds. The number of para-hydroxylation sites is 1. The number of anilines is 1. The number of carbonyl (C=O) groups is 2. The van der Waals surface area contributed by atoms with E-state index in [4.69, 9.17) is 0 Å². The molecule has 4 nitrogen and oxygen atoms in total. The smallest absolute Gasteiger partial charge is 0.254 e. The highest BCUT2D eigenvalue weighted by molar-refractivity contribution is 5.96. The van der Waals surface area contributed by atoms with Crippen molar-refractivity contribution >= 4 is 17.5 Å². The maximum Gasteiger partial charge on any atom is 0.254 e. The van der Waals surface area contributed by atoms with Gasteiger partial charge in [0.2, 0.25) is 5.91 Å². The molecule has 3 rings (SSSR count). The van der Waals surface area contributed by atoms with Crippen LogP contribution in [-0.4, -0.2) is 29.8 Å². The summed E-state index contributed by atoms with van der Waals surface area (Å²) < 4.78 is 0. The summed E-state index contributed by atoms with van der Waals surface area (Å²) in [6.07, 6.45) is 2.30. The van der Waals surface area contributed by atoms with Crippen LogP contribution >= 0.6 is 0 Å². The summed E-state index contributed by atoms with van der Waals surface area (Å²) in [5, 5.41) is 3.14. The lowest BCUT2D eigenvalue weighted by atomic mass is 9.94. The molecule has 1 saturated heterocycles. The highest BCUT2D eigenvalue weighted by Gasteiger charge is 2.28. The van der Waals surface area contributed by atoms with Crippen LogP contribution in [0.4, 0.5) is 5.69 Å². The maximum atomic E-state index is 12.8. The molecule has 0 spiro atoms. The molecule has 1 aliphatic heterocycles. The zero-order chi connectivity index (χ0) is 19.4. The van der Waals surface area contributed by atoms with E-state index >= 15 is 0 Å². The van der Waals surface area contributed by atoms with Crippen molar-refractivity contribution in [2.24, 2.45) is 5.92 Å². The van der Waals surface area contributed by atoms with Crippen molar-refractivity contribution in [3.8, 4) is 0 Å². The van der Waals surface area contributed by atoms with Gasteiger partial charge in [0.15, 0.2) is 0 Å². The minimum Gasteiger partial charge on any atom is -0.339 e. The van der Waals surface area contributed by atoms with Gasteiger partial charge in [-0.3, -0.25) is 9.59 Å². The van der Waals surface area contributed by atoms with E-state index in [0.29, 0.717) is 25.9 Å². The van der Waals surface area contributed by atoms with Gasteiger partial charge in [0.05, 0.1) is 0 Å². The maximum absolute atomic E-state index is 12.8. The minimum atomic E-state index is -0.0461. The average molecular weight is 364 g/mol. The van der Waals surface area contributed by atoms with Gasteiger partial charge in [0.25, 0.3) is 5.91 Å². The Bertz CT molecular complexity index is 836. The number of benzene rings is 2. The van der Waals surface area contributed by atoms with E-state index in [-0.39, 0.29) is 17.7 Å². The number of nitrogens with zero attached hydrogens (tertiary/aromatic N) is 1. The molecule has 0 bridgehead atoms. The van der Waals surface area contributed by atoms with Gasteiger partial charge in [-0.05, 0) is 55.9 Å². The van der Waals surface area contributed by atoms with Crippen LogP contribution in [0.1, 0.15) is 46.8 Å². The lowest BCUT2D eigenvalue weighted by Crippen LogP contribution is -2.41. The van der Waals surface area contributed by atoms with E-state index in [1.54, 1.807) is 0 Å². The van der Waals surface area contributed by atoms with Crippen LogP contribution in [-0.2, 0) is 11.2 Å². The Morgan fingerprint density at radius 3 is 2.33 bits per heavy atom. The van der Waals surface area contributed by atoms with E-state index < -0.39 is 0 Å². The third-order valence-electron chi connectivity index (χ3n) is 5.52. The molecule has 0 aromatic heterocycles. The predicted molar refractivity (Wildman–Crippen MR) is 109 cm³/mol. The normalized spacial score (nSPS) is 14.9. The largest absolute Gasteiger partial charge is 0.339 e. The molecule has 142 valence electrons. The van der Waals surface area contributed by atoms with Gasteiger partial charge in [-0.15, -0.1) is 0 Å². The van der Waals surface area contributed by atoms with Gasteiger partial charge in [0.1, 0.15) is 0 Å². The molecule has 0 atom stereocenters. The van der Waals surface area contributed by atoms with E-state index in [1.807, 2.05) is 55.1 Å². The number of likely N-dealkylation sites (tertiary alicyclic amines) is 1. The van der Waals surface area contributed by atoms with Crippen LogP contribution in [0, 0.1) is 19.8 Å². The molecule has 27 heavy (non-hydrogen) atoms. The number of carbonyl (C=O) groups excluding carboxylic acids is 2. The number of nitrogens with one attached hydrogen (secondary N) is 1. The highest BCUT2D eigenvalue weighted by Crippen LogP contribution is 2.25. The van der Waals surface area contributed by atoms with Crippen molar-refractivity contribution < 1.29 is 9.59 Å². The Morgan fingerprint density at radius 1 is 1.00 bits per heavy atom. The molecule has 0 radical (unpaired) electrons. The van der Waals surface area contributed by atoms with Crippen molar-refractivity contribution in [1.29, 1.82) is 0 Å². The molecule has 1 aliphatic rings. The minimum absolute atomic E-state index is 0.0461. The number of piperidine rings is 1. The standard InChI is InChI=1S/C23H28N2O2/c1-4-18-10-7-9-17(3)21(18)24-22(26)19-12-14-25(15-13-19)23(27)20-11-6-5-8-16(20)2/h5-11,19H,4,12-15H2,1-3H3,(H,24,26). The number of hydrogen-bond acceptors (Lipinski definition) is 2. The first-order valence-corrected chi connectivity index (χ1v) is 9.75. The zero-order valence-electron chi connectivity index (χ0n) is 16.4. The molecule has 2 aromatic carbocycles. The van der Waals surface area contributed by atoms with Gasteiger partial charge in [-0.1, -0.05) is 43.3 Å². The molecule has 1 heterocycles. The Hall–Kier alpha value is -2.62. The predicted octanol–water partition coefficient (Wildman–Crippen LogP) is 4.36. The summed E-state index contributed by atoms with van der Waals surface area (Å²) in [6, 6.07) is 13.8. The molecule has 2 aromatic rings. The lowest BCUT2D eigenvalue weighted by Gasteiger charge is -2.32. The van der Waals surface area contributed by atoms with Crippen LogP contribution in [0.25, 0.3) is 0 Å². The van der Waals surface area contributed by atoms with Crippen LogP contribution in [0.5, 0.6) is 0 Å². The summed E-state index contributed by atoms with van der Waals surface area (Å²) in [6.45, 7) is 7.33. The zero-order valence-corrected chi connectivity index (χ0v) is 16.4. The highest BCUT2D eigenvalue weighted by atomic mass is 16.2. The molecule has 0 unspecified atom stereocenters. The van der Waals surface area contributed by atoms with E-state index in [0.717, 1.165) is 34.4 Å². The van der Waals surface area contributed by atoms with Crippen molar-refractivity contribution in [3.63, 3.8) is 0 Å². The SMILES string of the molecule is CCc1cccc(C)c1NC(=O)C1CCN(C(=O)c2ccccc2C)CC1. The van der Waals surface area contributed by atoms with Crippen molar-refractivity contribution in [2.45, 2.75) is 40.0 Å². The Morgan fingerprint density at radius 2 is 1.67 bits per heavy atom. The fraction of sp³-hybridized carbons (Fsp3) is 0.391. The third kappa shape index (κ3) is 4.21. The van der Waals surface area contributed by atoms with Crippen LogP contribution < -0.4 is 5.32 Å². The second-order valence-corrected chi connectivity index (χ2v) is 7.33. The number of hydrogen-bond donors (Lipinski definition) is 1. The van der Waals surface area contributed by atoms with Gasteiger partial charge in [-0.2, -0.15) is 0 Å². The third-order valence-corrected chi connectivity index (χ3v) is 5.52. The monoisotopic (exact) mass is 364 g/mol. The fourth-order valence-electron chi connectivity index (χ4n) is 3.76. The van der Waals surface area contributed by atoms with E-state index in [9.17, 15) is 9.59 Å². The van der Waals surface area contributed by atoms with Crippen molar-refractivity contribution in [3.05, 3.63) is 64.7 Å². The van der Waals surface area contributed by atoms with Gasteiger partial charge in [-0.25, -0.2) is 0 Å². The van der Waals surface area contributed by atoms with Crippen LogP contribution in [0.3, 0.4) is 0 Å². The molecule has 4 heteroatoms. The summed E-state index contributed by atoms with van der Waals surface area (Å²) in [5.41, 5.74) is 4.95.